The summed E-state index contributed by atoms with van der Waals surface area (Å²) in [5.74, 6) is 0.160. The molecule has 0 aliphatic heterocycles. The molecule has 1 heterocycles. The number of rotatable bonds is 2. The van der Waals surface area contributed by atoms with Gasteiger partial charge in [-0.2, -0.15) is 0 Å². The topological polar surface area (TPSA) is 36.0 Å². The summed E-state index contributed by atoms with van der Waals surface area (Å²) in [5.41, 5.74) is 2.54. The zero-order chi connectivity index (χ0) is 9.30. The van der Waals surface area contributed by atoms with Crippen molar-refractivity contribution in [1.29, 1.82) is 0 Å². The van der Waals surface area contributed by atoms with Gasteiger partial charge in [0.2, 0.25) is 0 Å². The van der Waals surface area contributed by atoms with Crippen LogP contribution in [0.4, 0.5) is 0 Å². The summed E-state index contributed by atoms with van der Waals surface area (Å²) in [4.78, 5) is 2.16. The van der Waals surface area contributed by atoms with Crippen molar-refractivity contribution >= 4 is 23.2 Å². The van der Waals surface area contributed by atoms with Crippen LogP contribution in [-0.4, -0.2) is 10.1 Å². The summed E-state index contributed by atoms with van der Waals surface area (Å²) in [7, 11) is 0. The summed E-state index contributed by atoms with van der Waals surface area (Å²) in [6.07, 6.45) is 0.814. The summed E-state index contributed by atoms with van der Waals surface area (Å²) >= 11 is 11.4. The summed E-state index contributed by atoms with van der Waals surface area (Å²) in [6.45, 7) is 3.83. The van der Waals surface area contributed by atoms with E-state index >= 15 is 0 Å². The van der Waals surface area contributed by atoms with Crippen LogP contribution in [0.25, 0.3) is 0 Å². The van der Waals surface area contributed by atoms with Crippen LogP contribution >= 0.6 is 23.2 Å². The van der Waals surface area contributed by atoms with Crippen LogP contribution in [0.5, 0.6) is 5.88 Å². The highest BCUT2D eigenvalue weighted by Gasteiger charge is 2.16. The Labute approximate surface area is 81.5 Å². The second-order valence-corrected chi connectivity index (χ2v) is 3.74. The maximum Gasteiger partial charge on any atom is 0.191 e. The molecule has 0 fully saturated rings. The van der Waals surface area contributed by atoms with Crippen molar-refractivity contribution in [1.82, 2.24) is 4.98 Å². The first-order chi connectivity index (χ1) is 5.57. The second-order valence-electron chi connectivity index (χ2n) is 2.65. The Bertz CT molecular complexity index is 281. The highest BCUT2D eigenvalue weighted by atomic mass is 35.5. The lowest BCUT2D eigenvalue weighted by Crippen LogP contribution is -1.89. The Hall–Kier alpha value is -0.340. The number of hydrogen-bond donors (Lipinski definition) is 2. The van der Waals surface area contributed by atoms with Gasteiger partial charge in [-0.3, -0.25) is 0 Å². The molecule has 0 saturated carbocycles. The third-order valence-corrected chi connectivity index (χ3v) is 2.39. The minimum Gasteiger partial charge on any atom is -0.494 e. The number of aromatic amines is 1. The third kappa shape index (κ3) is 1.54. The molecule has 0 saturated heterocycles. The summed E-state index contributed by atoms with van der Waals surface area (Å²) in [6, 6.07) is 0. The van der Waals surface area contributed by atoms with Gasteiger partial charge in [-0.15, -0.1) is 0 Å². The van der Waals surface area contributed by atoms with Crippen molar-refractivity contribution in [2.24, 2.45) is 0 Å². The van der Waals surface area contributed by atoms with E-state index in [-0.39, 0.29) is 5.88 Å². The molecule has 2 N–H and O–H groups in total. The fourth-order valence-corrected chi connectivity index (χ4v) is 1.66. The van der Waals surface area contributed by atoms with Gasteiger partial charge >= 0.3 is 0 Å². The molecule has 0 bridgehead atoms. The van der Waals surface area contributed by atoms with Crippen LogP contribution < -0.4 is 0 Å². The van der Waals surface area contributed by atoms with E-state index in [1.54, 1.807) is 0 Å². The van der Waals surface area contributed by atoms with Gasteiger partial charge in [0.05, 0.1) is 5.69 Å². The number of aromatic nitrogens is 1. The van der Waals surface area contributed by atoms with Gasteiger partial charge in [0.15, 0.2) is 5.88 Å². The molecule has 1 rings (SSSR count). The van der Waals surface area contributed by atoms with Gasteiger partial charge < -0.3 is 10.1 Å². The molecule has 0 atom stereocenters. The first-order valence-electron chi connectivity index (χ1n) is 3.76. The molecule has 2 nitrogen and oxygen atoms in total. The molecule has 68 valence electrons. The molecular formula is C8H11Cl2NO. The molecule has 1 aromatic rings. The average molecular weight is 208 g/mol. The molecule has 0 unspecified atom stereocenters. The highest BCUT2D eigenvalue weighted by Crippen LogP contribution is 2.33. The minimum atomic E-state index is -0.598. The van der Waals surface area contributed by atoms with E-state index in [1.807, 2.05) is 13.8 Å². The number of aromatic hydroxyl groups is 1. The molecule has 0 aromatic carbocycles. The Morgan fingerprint density at radius 3 is 2.42 bits per heavy atom. The first-order valence-corrected chi connectivity index (χ1v) is 4.63. The quantitative estimate of drug-likeness (QED) is 0.720. The van der Waals surface area contributed by atoms with Crippen molar-refractivity contribution in [3.8, 4) is 5.88 Å². The molecule has 1 aromatic heterocycles. The lowest BCUT2D eigenvalue weighted by Gasteiger charge is -2.01. The fraction of sp³-hybridized carbons (Fsp3) is 0.500. The smallest absolute Gasteiger partial charge is 0.191 e. The molecule has 0 radical (unpaired) electrons. The van der Waals surface area contributed by atoms with Crippen LogP contribution in [0.2, 0.25) is 0 Å². The zero-order valence-corrected chi connectivity index (χ0v) is 8.50. The molecular weight excluding hydrogens is 197 g/mol. The van der Waals surface area contributed by atoms with Crippen LogP contribution in [0, 0.1) is 6.92 Å². The lowest BCUT2D eigenvalue weighted by molar-refractivity contribution is 0.452. The number of alkyl halides is 2. The second kappa shape index (κ2) is 3.58. The van der Waals surface area contributed by atoms with Gasteiger partial charge in [-0.05, 0) is 18.9 Å². The molecule has 0 spiro atoms. The predicted molar refractivity (Wildman–Crippen MR) is 51.0 cm³/mol. The van der Waals surface area contributed by atoms with E-state index in [0.717, 1.165) is 17.5 Å². The van der Waals surface area contributed by atoms with Crippen molar-refractivity contribution in [3.63, 3.8) is 0 Å². The monoisotopic (exact) mass is 207 g/mol. The predicted octanol–water partition coefficient (Wildman–Crippen LogP) is 3.07. The SMILES string of the molecule is CCc1c(C(Cl)Cl)[nH]c(O)c1C. The maximum atomic E-state index is 9.33. The van der Waals surface area contributed by atoms with Crippen LogP contribution in [0.1, 0.15) is 28.6 Å². The number of nitrogens with one attached hydrogen (secondary N) is 1. The van der Waals surface area contributed by atoms with Gasteiger partial charge in [-0.25, -0.2) is 0 Å². The van der Waals surface area contributed by atoms with Crippen molar-refractivity contribution in [3.05, 3.63) is 16.8 Å². The summed E-state index contributed by atoms with van der Waals surface area (Å²) < 4.78 is 0. The van der Waals surface area contributed by atoms with E-state index in [2.05, 4.69) is 4.98 Å². The van der Waals surface area contributed by atoms with E-state index in [0.29, 0.717) is 5.69 Å². The fourth-order valence-electron chi connectivity index (χ4n) is 1.28. The van der Waals surface area contributed by atoms with Crippen molar-refractivity contribution in [2.75, 3.05) is 0 Å². The van der Waals surface area contributed by atoms with Crippen molar-refractivity contribution < 1.29 is 5.11 Å². The Balaban J connectivity index is 3.20. The van der Waals surface area contributed by atoms with Gasteiger partial charge in [0.25, 0.3) is 0 Å². The molecule has 4 heteroatoms. The average Bonchev–Trinajstić information content (AvgIpc) is 2.29. The van der Waals surface area contributed by atoms with Crippen LogP contribution in [-0.2, 0) is 6.42 Å². The normalized spacial score (nSPS) is 11.1. The minimum absolute atomic E-state index is 0.160. The molecule has 0 aliphatic rings. The third-order valence-electron chi connectivity index (χ3n) is 1.96. The largest absolute Gasteiger partial charge is 0.494 e. The lowest BCUT2D eigenvalue weighted by atomic mass is 10.1. The van der Waals surface area contributed by atoms with Gasteiger partial charge in [0, 0.05) is 5.56 Å². The molecule has 12 heavy (non-hydrogen) atoms. The molecule has 0 aliphatic carbocycles. The first kappa shape index (κ1) is 9.75. The Morgan fingerprint density at radius 1 is 1.50 bits per heavy atom. The summed E-state index contributed by atoms with van der Waals surface area (Å²) in [5, 5.41) is 9.33. The van der Waals surface area contributed by atoms with Crippen molar-refractivity contribution in [2.45, 2.75) is 25.1 Å². The van der Waals surface area contributed by atoms with E-state index < -0.39 is 4.84 Å². The van der Waals surface area contributed by atoms with Crippen LogP contribution in [0.3, 0.4) is 0 Å². The van der Waals surface area contributed by atoms with Gasteiger partial charge in [-0.1, -0.05) is 30.1 Å². The number of H-pyrrole nitrogens is 1. The molecule has 0 amide bonds. The standard InChI is InChI=1S/C8H11Cl2NO/c1-3-5-4(2)8(12)11-6(5)7(9)10/h7,11-12H,3H2,1-2H3. The number of halogens is 2. The van der Waals surface area contributed by atoms with E-state index in [4.69, 9.17) is 23.2 Å². The number of hydrogen-bond acceptors (Lipinski definition) is 1. The highest BCUT2D eigenvalue weighted by molar-refractivity contribution is 6.44. The maximum absolute atomic E-state index is 9.33. The van der Waals surface area contributed by atoms with Crippen LogP contribution in [0.15, 0.2) is 0 Å². The van der Waals surface area contributed by atoms with Gasteiger partial charge in [0.1, 0.15) is 4.84 Å². The van der Waals surface area contributed by atoms with E-state index in [1.165, 1.54) is 0 Å². The Kier molecular flexibility index (Phi) is 2.91. The zero-order valence-electron chi connectivity index (χ0n) is 6.99. The van der Waals surface area contributed by atoms with E-state index in [9.17, 15) is 5.11 Å². The Morgan fingerprint density at radius 2 is 2.08 bits per heavy atom.